The van der Waals surface area contributed by atoms with Gasteiger partial charge in [0.05, 0.1) is 16.6 Å². The summed E-state index contributed by atoms with van der Waals surface area (Å²) in [4.78, 5) is 9.74. The maximum atomic E-state index is 7.95. The minimum absolute atomic E-state index is 0.0388. The van der Waals surface area contributed by atoms with Crippen molar-refractivity contribution in [2.45, 2.75) is 13.7 Å². The third kappa shape index (κ3) is 3.75. The third-order valence-electron chi connectivity index (χ3n) is 8.04. The first-order valence-corrected chi connectivity index (χ1v) is 14.7. The first-order valence-electron chi connectivity index (χ1n) is 16.9. The minimum atomic E-state index is -2.47. The summed E-state index contributed by atoms with van der Waals surface area (Å²) in [6.45, 7) is -4.95. The van der Waals surface area contributed by atoms with Crippen molar-refractivity contribution in [3.63, 3.8) is 0 Å². The van der Waals surface area contributed by atoms with Crippen LogP contribution in [0.5, 0.6) is 0 Å². The van der Waals surface area contributed by atoms with Crippen molar-refractivity contribution in [1.82, 2.24) is 14.5 Å². The Balaban J connectivity index is 1.25. The van der Waals surface area contributed by atoms with E-state index in [0.717, 1.165) is 38.9 Å². The van der Waals surface area contributed by atoms with Crippen LogP contribution in [0, 0.1) is 13.7 Å². The molecule has 9 aromatic rings. The van der Waals surface area contributed by atoms with Gasteiger partial charge in [-0.05, 0) is 67.8 Å². The third-order valence-corrected chi connectivity index (χ3v) is 9.19. The molecule has 0 N–H and O–H groups in total. The van der Waals surface area contributed by atoms with Gasteiger partial charge in [-0.3, -0.25) is 4.57 Å². The van der Waals surface area contributed by atoms with Crippen LogP contribution >= 0.6 is 11.3 Å². The molecule has 9 rings (SSSR count). The Kier molecular flexibility index (Phi) is 4.04. The summed E-state index contributed by atoms with van der Waals surface area (Å²) >= 11 is 1.78. The molecule has 0 atom stereocenters. The van der Waals surface area contributed by atoms with Crippen molar-refractivity contribution in [2.75, 3.05) is 0 Å². The Labute approximate surface area is 259 Å². The van der Waals surface area contributed by atoms with Gasteiger partial charge < -0.3 is 4.42 Å². The molecule has 0 amide bonds. The highest BCUT2D eigenvalue weighted by atomic mass is 32.1. The summed E-state index contributed by atoms with van der Waals surface area (Å²) in [6.07, 6.45) is 1.59. The normalized spacial score (nSPS) is 14.6. The Bertz CT molecular complexity index is 2740. The molecule has 0 saturated heterocycles. The number of pyridine rings is 1. The largest absolute Gasteiger partial charge is 0.437 e. The number of thiophene rings is 1. The number of benzene rings is 5. The van der Waals surface area contributed by atoms with Gasteiger partial charge in [-0.15, -0.1) is 11.3 Å². The zero-order valence-electron chi connectivity index (χ0n) is 28.6. The molecule has 4 heterocycles. The van der Waals surface area contributed by atoms with E-state index in [4.69, 9.17) is 17.6 Å². The Morgan fingerprint density at radius 2 is 1.51 bits per heavy atom. The van der Waals surface area contributed by atoms with Crippen LogP contribution in [0.2, 0.25) is 0 Å². The van der Waals surface area contributed by atoms with Crippen molar-refractivity contribution >= 4 is 64.6 Å². The van der Waals surface area contributed by atoms with Gasteiger partial charge in [-0.25, -0.2) is 9.97 Å². The van der Waals surface area contributed by atoms with Gasteiger partial charge in [0, 0.05) is 56.6 Å². The SMILES string of the molecule is [2H]C([2H])([2H])c1cc(-c2cnc3oc4c(-c5nc6ccccc6n5-c5ccc6sc7ccccc7c6c5)cccc4c3c2)cc(C([2H])([2H])[2H])c1. The number of aryl methyl sites for hydroxylation is 2. The maximum Gasteiger partial charge on any atom is 0.227 e. The van der Waals surface area contributed by atoms with Crippen LogP contribution in [0.3, 0.4) is 0 Å². The lowest BCUT2D eigenvalue weighted by atomic mass is 10.0. The van der Waals surface area contributed by atoms with E-state index in [0.29, 0.717) is 22.4 Å². The second-order valence-electron chi connectivity index (χ2n) is 10.7. The molecule has 5 aromatic carbocycles. The average Bonchev–Trinajstić information content (AvgIpc) is 3.78. The summed E-state index contributed by atoms with van der Waals surface area (Å²) in [7, 11) is 0. The second-order valence-corrected chi connectivity index (χ2v) is 11.8. The lowest BCUT2D eigenvalue weighted by Gasteiger charge is -2.10. The molecular formula is C38H25N3OS. The van der Waals surface area contributed by atoms with Crippen LogP contribution in [0.4, 0.5) is 0 Å². The minimum Gasteiger partial charge on any atom is -0.437 e. The molecule has 0 unspecified atom stereocenters. The molecule has 0 aliphatic carbocycles. The molecule has 4 aromatic heterocycles. The second kappa shape index (κ2) is 9.12. The molecule has 0 spiro atoms. The number of fused-ring (bicyclic) bond motifs is 7. The topological polar surface area (TPSA) is 43.9 Å². The van der Waals surface area contributed by atoms with E-state index < -0.39 is 13.7 Å². The van der Waals surface area contributed by atoms with Gasteiger partial charge >= 0.3 is 0 Å². The Morgan fingerprint density at radius 1 is 0.698 bits per heavy atom. The number of hydrogen-bond acceptors (Lipinski definition) is 4. The number of imidazole rings is 1. The summed E-state index contributed by atoms with van der Waals surface area (Å²) in [6, 6.07) is 35.0. The molecular weight excluding hydrogens is 547 g/mol. The molecule has 4 nitrogen and oxygen atoms in total. The van der Waals surface area contributed by atoms with Crippen molar-refractivity contribution in [3.8, 4) is 28.2 Å². The summed E-state index contributed by atoms with van der Waals surface area (Å²) < 4.78 is 58.8. The molecule has 0 aliphatic heterocycles. The zero-order valence-corrected chi connectivity index (χ0v) is 23.4. The Hall–Kier alpha value is -5.26. The van der Waals surface area contributed by atoms with Crippen molar-refractivity contribution in [1.29, 1.82) is 0 Å². The summed E-state index contributed by atoms with van der Waals surface area (Å²) in [5.41, 5.74) is 5.56. The fourth-order valence-corrected chi connectivity index (χ4v) is 7.22. The van der Waals surface area contributed by atoms with Crippen molar-refractivity contribution in [2.24, 2.45) is 0 Å². The molecule has 0 saturated carbocycles. The number of para-hydroxylation sites is 3. The fraction of sp³-hybridized carbons (Fsp3) is 0.0526. The predicted octanol–water partition coefficient (Wildman–Crippen LogP) is 10.6. The highest BCUT2D eigenvalue weighted by Crippen LogP contribution is 2.40. The van der Waals surface area contributed by atoms with E-state index in [2.05, 4.69) is 58.1 Å². The van der Waals surface area contributed by atoms with E-state index in [1.807, 2.05) is 42.5 Å². The lowest BCUT2D eigenvalue weighted by Crippen LogP contribution is -1.97. The van der Waals surface area contributed by atoms with Crippen LogP contribution in [-0.4, -0.2) is 14.5 Å². The van der Waals surface area contributed by atoms with E-state index >= 15 is 0 Å². The summed E-state index contributed by atoms with van der Waals surface area (Å²) in [5.74, 6) is 0.720. The predicted molar refractivity (Wildman–Crippen MR) is 179 cm³/mol. The van der Waals surface area contributed by atoms with Gasteiger partial charge in [-0.2, -0.15) is 0 Å². The van der Waals surface area contributed by atoms with Crippen LogP contribution in [0.15, 0.2) is 120 Å². The fourth-order valence-electron chi connectivity index (χ4n) is 6.13. The maximum absolute atomic E-state index is 7.95. The first-order chi connectivity index (χ1) is 23.5. The summed E-state index contributed by atoms with van der Waals surface area (Å²) in [5, 5.41) is 3.93. The Morgan fingerprint density at radius 3 is 2.42 bits per heavy atom. The quantitative estimate of drug-likeness (QED) is 0.210. The first kappa shape index (κ1) is 19.0. The van der Waals surface area contributed by atoms with Gasteiger partial charge in [0.1, 0.15) is 11.4 Å². The number of hydrogen-bond donors (Lipinski definition) is 0. The molecule has 204 valence electrons. The molecule has 5 heteroatoms. The molecule has 0 aliphatic rings. The van der Waals surface area contributed by atoms with Gasteiger partial charge in [0.25, 0.3) is 0 Å². The van der Waals surface area contributed by atoms with Crippen molar-refractivity contribution in [3.05, 3.63) is 127 Å². The highest BCUT2D eigenvalue weighted by Gasteiger charge is 2.21. The van der Waals surface area contributed by atoms with E-state index in [1.165, 1.54) is 38.4 Å². The lowest BCUT2D eigenvalue weighted by molar-refractivity contribution is 0.654. The molecule has 0 bridgehead atoms. The van der Waals surface area contributed by atoms with Crippen LogP contribution in [0.1, 0.15) is 19.4 Å². The molecule has 43 heavy (non-hydrogen) atoms. The van der Waals surface area contributed by atoms with E-state index in [9.17, 15) is 0 Å². The zero-order chi connectivity index (χ0) is 33.7. The number of aromatic nitrogens is 3. The van der Waals surface area contributed by atoms with Gasteiger partial charge in [0.15, 0.2) is 0 Å². The van der Waals surface area contributed by atoms with Gasteiger partial charge in [-0.1, -0.05) is 71.8 Å². The van der Waals surface area contributed by atoms with Crippen LogP contribution in [0.25, 0.3) is 81.5 Å². The van der Waals surface area contributed by atoms with Crippen molar-refractivity contribution < 1.29 is 12.6 Å². The molecule has 0 fully saturated rings. The van der Waals surface area contributed by atoms with E-state index in [1.54, 1.807) is 17.5 Å². The van der Waals surface area contributed by atoms with Crippen LogP contribution in [-0.2, 0) is 0 Å². The average molecular weight is 578 g/mol. The number of nitrogens with zero attached hydrogens (tertiary/aromatic N) is 3. The number of rotatable bonds is 3. The number of furan rings is 1. The molecule has 0 radical (unpaired) electrons. The van der Waals surface area contributed by atoms with Crippen LogP contribution < -0.4 is 0 Å². The smallest absolute Gasteiger partial charge is 0.227 e. The monoisotopic (exact) mass is 577 g/mol. The van der Waals surface area contributed by atoms with Gasteiger partial charge in [0.2, 0.25) is 5.71 Å². The van der Waals surface area contributed by atoms with E-state index in [-0.39, 0.29) is 11.1 Å². The highest BCUT2D eigenvalue weighted by molar-refractivity contribution is 7.25. The standard InChI is InChI=1S/C38H25N3OS/c1-22-16-23(2)18-24(17-22)25-19-31-28-9-7-10-29(36(28)42-38(31)39-21-25)37-40-32-11-4-5-12-33(32)41(37)26-14-15-35-30(20-26)27-8-3-6-13-34(27)43-35/h3-21H,1-2H3/i1D3,2D3.